The summed E-state index contributed by atoms with van der Waals surface area (Å²) < 4.78 is 6.75. The number of methoxy groups -OCH3 is 1. The topological polar surface area (TPSA) is 68.5 Å². The zero-order chi connectivity index (χ0) is 13.4. The number of fused-ring (bicyclic) bond motifs is 1. The molecule has 0 aliphatic carbocycles. The van der Waals surface area contributed by atoms with Gasteiger partial charge in [0.15, 0.2) is 0 Å². The van der Waals surface area contributed by atoms with E-state index in [1.165, 1.54) is 7.11 Å². The van der Waals surface area contributed by atoms with Crippen molar-refractivity contribution >= 4 is 16.9 Å². The van der Waals surface area contributed by atoms with Crippen molar-refractivity contribution in [1.29, 1.82) is 0 Å². The summed E-state index contributed by atoms with van der Waals surface area (Å²) in [7, 11) is 3.23. The molecule has 0 radical (unpaired) electrons. The van der Waals surface area contributed by atoms with Crippen LogP contribution in [0, 0.1) is 6.92 Å². The van der Waals surface area contributed by atoms with E-state index >= 15 is 0 Å². The van der Waals surface area contributed by atoms with Crippen LogP contribution in [0.3, 0.4) is 0 Å². The molecule has 5 nitrogen and oxygen atoms in total. The molecule has 0 saturated heterocycles. The number of hydrogen-bond donors (Lipinski definition) is 1. The second kappa shape index (κ2) is 4.18. The summed E-state index contributed by atoms with van der Waals surface area (Å²) in [6.45, 7) is 1.62. The predicted octanol–water partition coefficient (Wildman–Crippen LogP) is 1.55. The minimum atomic E-state index is -1.21. The molecule has 0 aliphatic heterocycles. The van der Waals surface area contributed by atoms with Crippen LogP contribution < -0.4 is 10.2 Å². The number of aryl methyl sites for hydroxylation is 1. The molecule has 0 aliphatic rings. The Bertz CT molecular complexity index is 700. The molecule has 0 fully saturated rings. The van der Waals surface area contributed by atoms with E-state index in [1.807, 2.05) is 0 Å². The molecule has 2 aromatic rings. The maximum absolute atomic E-state index is 12.2. The summed E-state index contributed by atoms with van der Waals surface area (Å²) in [6.07, 6.45) is 0. The van der Waals surface area contributed by atoms with Crippen molar-refractivity contribution in [3.63, 3.8) is 0 Å². The highest BCUT2D eigenvalue weighted by Gasteiger charge is 2.18. The van der Waals surface area contributed by atoms with Crippen LogP contribution in [0.15, 0.2) is 23.0 Å². The van der Waals surface area contributed by atoms with Gasteiger partial charge in [-0.3, -0.25) is 4.79 Å². The zero-order valence-electron chi connectivity index (χ0n) is 10.4. The fourth-order valence-corrected chi connectivity index (χ4v) is 2.02. The Labute approximate surface area is 103 Å². The summed E-state index contributed by atoms with van der Waals surface area (Å²) in [6, 6.07) is 5.04. The van der Waals surface area contributed by atoms with Crippen molar-refractivity contribution < 1.29 is 14.6 Å². The largest absolute Gasteiger partial charge is 0.497 e. The van der Waals surface area contributed by atoms with E-state index in [9.17, 15) is 9.59 Å². The lowest BCUT2D eigenvalue weighted by Crippen LogP contribution is -2.21. The monoisotopic (exact) mass is 247 g/mol. The molecule has 5 heteroatoms. The number of carboxylic acid groups (broad SMARTS) is 1. The minimum Gasteiger partial charge on any atom is -0.497 e. The molecule has 1 aromatic carbocycles. The first kappa shape index (κ1) is 12.2. The summed E-state index contributed by atoms with van der Waals surface area (Å²) in [4.78, 5) is 23.3. The molecular formula is C13H13NO4. The van der Waals surface area contributed by atoms with Gasteiger partial charge in [-0.05, 0) is 25.1 Å². The number of ether oxygens (including phenoxy) is 1. The molecule has 94 valence electrons. The fraction of sp³-hybridized carbons (Fsp3) is 0.231. The van der Waals surface area contributed by atoms with E-state index in [-0.39, 0.29) is 5.56 Å². The standard InChI is InChI=1S/C13H13NO4/c1-7-11(13(16)17)12(15)9-6-8(18-3)4-5-10(9)14(7)2/h4-6H,1-3H3,(H,16,17). The summed E-state index contributed by atoms with van der Waals surface area (Å²) in [5.41, 5.74) is 0.443. The van der Waals surface area contributed by atoms with E-state index in [0.29, 0.717) is 22.3 Å². The summed E-state index contributed by atoms with van der Waals surface area (Å²) >= 11 is 0. The lowest BCUT2D eigenvalue weighted by Gasteiger charge is -2.12. The number of aromatic nitrogens is 1. The smallest absolute Gasteiger partial charge is 0.341 e. The third-order valence-corrected chi connectivity index (χ3v) is 3.12. The van der Waals surface area contributed by atoms with Crippen molar-refractivity contribution in [1.82, 2.24) is 4.57 Å². The highest BCUT2D eigenvalue weighted by atomic mass is 16.5. The van der Waals surface area contributed by atoms with Crippen molar-refractivity contribution in [2.24, 2.45) is 7.05 Å². The number of benzene rings is 1. The summed E-state index contributed by atoms with van der Waals surface area (Å²) in [5.74, 6) is -0.683. The van der Waals surface area contributed by atoms with E-state index in [2.05, 4.69) is 0 Å². The Kier molecular flexibility index (Phi) is 2.82. The average molecular weight is 247 g/mol. The van der Waals surface area contributed by atoms with Crippen molar-refractivity contribution in [2.75, 3.05) is 7.11 Å². The Morgan fingerprint density at radius 3 is 2.61 bits per heavy atom. The second-order valence-electron chi connectivity index (χ2n) is 4.04. The number of carbonyl (C=O) groups is 1. The van der Waals surface area contributed by atoms with E-state index in [1.54, 1.807) is 36.7 Å². The quantitative estimate of drug-likeness (QED) is 0.874. The number of pyridine rings is 1. The molecule has 2 rings (SSSR count). The summed E-state index contributed by atoms with van der Waals surface area (Å²) in [5, 5.41) is 9.46. The number of rotatable bonds is 2. The van der Waals surface area contributed by atoms with Crippen LogP contribution in [0.2, 0.25) is 0 Å². The van der Waals surface area contributed by atoms with Gasteiger partial charge in [0.2, 0.25) is 5.43 Å². The van der Waals surface area contributed by atoms with Crippen molar-refractivity contribution in [3.05, 3.63) is 39.7 Å². The van der Waals surface area contributed by atoms with Crippen LogP contribution >= 0.6 is 0 Å². The van der Waals surface area contributed by atoms with E-state index in [4.69, 9.17) is 9.84 Å². The molecule has 18 heavy (non-hydrogen) atoms. The van der Waals surface area contributed by atoms with Crippen molar-refractivity contribution in [3.8, 4) is 5.75 Å². The maximum Gasteiger partial charge on any atom is 0.341 e. The molecule has 1 aromatic heterocycles. The minimum absolute atomic E-state index is 0.196. The molecule has 0 unspecified atom stereocenters. The third kappa shape index (κ3) is 1.64. The van der Waals surface area contributed by atoms with Gasteiger partial charge in [0.05, 0.1) is 18.0 Å². The number of carboxylic acids is 1. The van der Waals surface area contributed by atoms with Crippen LogP contribution in [0.5, 0.6) is 5.75 Å². The highest BCUT2D eigenvalue weighted by molar-refractivity contribution is 5.94. The molecule has 1 N–H and O–H groups in total. The van der Waals surface area contributed by atoms with Crippen molar-refractivity contribution in [2.45, 2.75) is 6.92 Å². The predicted molar refractivity (Wildman–Crippen MR) is 67.4 cm³/mol. The van der Waals surface area contributed by atoms with Gasteiger partial charge in [-0.1, -0.05) is 0 Å². The molecule has 0 saturated carbocycles. The van der Waals surface area contributed by atoms with Gasteiger partial charge in [-0.25, -0.2) is 4.79 Å². The van der Waals surface area contributed by atoms with Crippen LogP contribution in [0.25, 0.3) is 10.9 Å². The van der Waals surface area contributed by atoms with Crippen LogP contribution in [-0.4, -0.2) is 22.8 Å². The van der Waals surface area contributed by atoms with Crippen LogP contribution in [0.1, 0.15) is 16.1 Å². The van der Waals surface area contributed by atoms with Gasteiger partial charge in [0, 0.05) is 12.7 Å². The zero-order valence-corrected chi connectivity index (χ0v) is 10.4. The van der Waals surface area contributed by atoms with Crippen LogP contribution in [0.4, 0.5) is 0 Å². The van der Waals surface area contributed by atoms with Crippen LogP contribution in [-0.2, 0) is 7.05 Å². The van der Waals surface area contributed by atoms with Gasteiger partial charge in [0.25, 0.3) is 0 Å². The number of nitrogens with zero attached hydrogens (tertiary/aromatic N) is 1. The average Bonchev–Trinajstić information content (AvgIpc) is 2.35. The Morgan fingerprint density at radius 1 is 1.39 bits per heavy atom. The first-order chi connectivity index (χ1) is 8.47. The first-order valence-corrected chi connectivity index (χ1v) is 5.38. The van der Waals surface area contributed by atoms with E-state index < -0.39 is 11.4 Å². The number of hydrogen-bond acceptors (Lipinski definition) is 3. The Balaban J connectivity index is 2.99. The highest BCUT2D eigenvalue weighted by Crippen LogP contribution is 2.20. The van der Waals surface area contributed by atoms with Gasteiger partial charge < -0.3 is 14.4 Å². The molecule has 0 bridgehead atoms. The maximum atomic E-state index is 12.2. The first-order valence-electron chi connectivity index (χ1n) is 5.38. The SMILES string of the molecule is COc1ccc2c(c1)c(=O)c(C(=O)O)c(C)n2C. The van der Waals surface area contributed by atoms with E-state index in [0.717, 1.165) is 0 Å². The Morgan fingerprint density at radius 2 is 2.06 bits per heavy atom. The van der Waals surface area contributed by atoms with Gasteiger partial charge in [-0.15, -0.1) is 0 Å². The lowest BCUT2D eigenvalue weighted by atomic mass is 10.1. The molecule has 1 heterocycles. The van der Waals surface area contributed by atoms with Gasteiger partial charge >= 0.3 is 5.97 Å². The van der Waals surface area contributed by atoms with Gasteiger partial charge in [-0.2, -0.15) is 0 Å². The fourth-order valence-electron chi connectivity index (χ4n) is 2.02. The lowest BCUT2D eigenvalue weighted by molar-refractivity contribution is 0.0694. The molecule has 0 atom stereocenters. The second-order valence-corrected chi connectivity index (χ2v) is 4.04. The van der Waals surface area contributed by atoms with Gasteiger partial charge in [0.1, 0.15) is 11.3 Å². The third-order valence-electron chi connectivity index (χ3n) is 3.12. The normalized spacial score (nSPS) is 10.6. The number of aromatic carboxylic acids is 1. The molecular weight excluding hydrogens is 234 g/mol. The Hall–Kier alpha value is -2.30. The molecule has 0 amide bonds. The molecule has 0 spiro atoms.